The zero-order chi connectivity index (χ0) is 16.4. The van der Waals surface area contributed by atoms with E-state index in [1.165, 1.54) is 0 Å². The van der Waals surface area contributed by atoms with Crippen LogP contribution in [-0.4, -0.2) is 54.5 Å². The Labute approximate surface area is 132 Å². The maximum atomic E-state index is 11.3. The van der Waals surface area contributed by atoms with Gasteiger partial charge in [-0.3, -0.25) is 4.18 Å². The minimum Gasteiger partial charge on any atom is -0.383 e. The Kier molecular flexibility index (Phi) is 8.59. The van der Waals surface area contributed by atoms with Crippen LogP contribution in [0.4, 0.5) is 0 Å². The van der Waals surface area contributed by atoms with Crippen LogP contribution >= 0.6 is 0 Å². The molecule has 1 heterocycles. The largest absolute Gasteiger partial charge is 0.383 e. The molecule has 6 nitrogen and oxygen atoms in total. The van der Waals surface area contributed by atoms with E-state index in [0.29, 0.717) is 6.04 Å². The molecule has 0 amide bonds. The second-order valence-electron chi connectivity index (χ2n) is 4.86. The van der Waals surface area contributed by atoms with Gasteiger partial charge < -0.3 is 14.8 Å². The summed E-state index contributed by atoms with van der Waals surface area (Å²) in [6.45, 7) is 7.03. The zero-order valence-corrected chi connectivity index (χ0v) is 14.2. The summed E-state index contributed by atoms with van der Waals surface area (Å²) in [5.41, 5.74) is 1.02. The van der Waals surface area contributed by atoms with Gasteiger partial charge in [-0.15, -0.1) is 0 Å². The van der Waals surface area contributed by atoms with Gasteiger partial charge in [-0.05, 0) is 26.0 Å². The molecule has 0 saturated carbocycles. The highest BCUT2D eigenvalue weighted by Gasteiger charge is 2.13. The van der Waals surface area contributed by atoms with Crippen LogP contribution in [0.15, 0.2) is 29.2 Å². The topological polar surface area (TPSA) is 73.9 Å². The molecular weight excluding hydrogens is 306 g/mol. The normalized spacial score (nSPS) is 18.4. The van der Waals surface area contributed by atoms with Gasteiger partial charge in [0.2, 0.25) is 0 Å². The van der Waals surface area contributed by atoms with Crippen molar-refractivity contribution in [3.63, 3.8) is 0 Å². The second-order valence-corrected chi connectivity index (χ2v) is 6.47. The molecule has 1 aliphatic rings. The average Bonchev–Trinajstić information content (AvgIpc) is 2.50. The van der Waals surface area contributed by atoms with E-state index < -0.39 is 10.1 Å². The highest BCUT2D eigenvalue weighted by Crippen LogP contribution is 2.12. The van der Waals surface area contributed by atoms with Crippen LogP contribution in [0, 0.1) is 6.92 Å². The van der Waals surface area contributed by atoms with E-state index in [1.807, 2.05) is 6.92 Å². The summed E-state index contributed by atoms with van der Waals surface area (Å²) in [4.78, 5) is 0.208. The van der Waals surface area contributed by atoms with Crippen molar-refractivity contribution in [3.05, 3.63) is 29.8 Å². The number of ether oxygens (including phenoxy) is 2. The van der Waals surface area contributed by atoms with Crippen molar-refractivity contribution in [2.45, 2.75) is 24.8 Å². The number of hydrogen-bond donors (Lipinski definition) is 1. The molecule has 1 aromatic carbocycles. The Hall–Kier alpha value is -0.990. The van der Waals surface area contributed by atoms with Gasteiger partial charge in [-0.1, -0.05) is 17.7 Å². The molecule has 0 bridgehead atoms. The molecule has 22 heavy (non-hydrogen) atoms. The third kappa shape index (κ3) is 6.85. The average molecular weight is 331 g/mol. The number of aryl methyl sites for hydroxylation is 1. The van der Waals surface area contributed by atoms with Crippen LogP contribution in [0.3, 0.4) is 0 Å². The van der Waals surface area contributed by atoms with E-state index in [4.69, 9.17) is 9.47 Å². The first-order valence-electron chi connectivity index (χ1n) is 7.25. The quantitative estimate of drug-likeness (QED) is 0.821. The zero-order valence-electron chi connectivity index (χ0n) is 13.4. The van der Waals surface area contributed by atoms with Gasteiger partial charge >= 0.3 is 0 Å². The Morgan fingerprint density at radius 1 is 1.32 bits per heavy atom. The molecule has 7 heteroatoms. The number of nitrogens with one attached hydrogen (secondary N) is 1. The number of methoxy groups -OCH3 is 1. The molecule has 1 fully saturated rings. The van der Waals surface area contributed by atoms with Gasteiger partial charge in [0.1, 0.15) is 0 Å². The predicted octanol–water partition coefficient (Wildman–Crippen LogP) is 1.34. The van der Waals surface area contributed by atoms with Crippen molar-refractivity contribution in [1.29, 1.82) is 0 Å². The molecular formula is C15H25NO5S. The number of rotatable bonds is 5. The lowest BCUT2D eigenvalue weighted by atomic mass is 10.2. The van der Waals surface area contributed by atoms with Crippen molar-refractivity contribution in [1.82, 2.24) is 5.32 Å². The van der Waals surface area contributed by atoms with Crippen LogP contribution in [0.25, 0.3) is 0 Å². The SMILES string of the molecule is CCOS(=O)(=O)c1ccc(C)cc1.COCC1COCCN1. The summed E-state index contributed by atoms with van der Waals surface area (Å²) in [5, 5.41) is 3.27. The van der Waals surface area contributed by atoms with Crippen molar-refractivity contribution in [3.8, 4) is 0 Å². The van der Waals surface area contributed by atoms with Gasteiger partial charge in [0, 0.05) is 13.7 Å². The van der Waals surface area contributed by atoms with E-state index in [-0.39, 0.29) is 11.5 Å². The molecule has 0 aromatic heterocycles. The second kappa shape index (κ2) is 9.91. The third-order valence-electron chi connectivity index (χ3n) is 2.95. The summed E-state index contributed by atoms with van der Waals surface area (Å²) in [5.74, 6) is 0. The predicted molar refractivity (Wildman–Crippen MR) is 84.5 cm³/mol. The Balaban J connectivity index is 0.000000235. The highest BCUT2D eigenvalue weighted by molar-refractivity contribution is 7.86. The Morgan fingerprint density at radius 3 is 2.50 bits per heavy atom. The lowest BCUT2D eigenvalue weighted by Crippen LogP contribution is -2.43. The van der Waals surface area contributed by atoms with E-state index in [2.05, 4.69) is 9.50 Å². The molecule has 0 spiro atoms. The third-order valence-corrected chi connectivity index (χ3v) is 4.34. The highest BCUT2D eigenvalue weighted by atomic mass is 32.2. The van der Waals surface area contributed by atoms with E-state index in [0.717, 1.165) is 31.9 Å². The number of benzene rings is 1. The van der Waals surface area contributed by atoms with Crippen LogP contribution in [0.2, 0.25) is 0 Å². The maximum absolute atomic E-state index is 11.3. The van der Waals surface area contributed by atoms with E-state index in [9.17, 15) is 8.42 Å². The molecule has 1 atom stereocenters. The van der Waals surface area contributed by atoms with E-state index >= 15 is 0 Å². The van der Waals surface area contributed by atoms with Crippen LogP contribution in [0.1, 0.15) is 12.5 Å². The molecule has 1 aromatic rings. The van der Waals surface area contributed by atoms with Gasteiger partial charge in [0.05, 0.1) is 37.4 Å². The molecule has 1 N–H and O–H groups in total. The standard InChI is InChI=1S/C9H12O3S.C6H13NO2/c1-3-12-13(10,11)9-6-4-8(2)5-7-9;1-8-4-6-5-9-3-2-7-6/h4-7H,3H2,1-2H3;6-7H,2-5H2,1H3. The van der Waals surface area contributed by atoms with Crippen molar-refractivity contribution in [2.75, 3.05) is 40.1 Å². The van der Waals surface area contributed by atoms with Crippen molar-refractivity contribution in [2.24, 2.45) is 0 Å². The smallest absolute Gasteiger partial charge is 0.296 e. The minimum atomic E-state index is -3.53. The summed E-state index contributed by atoms with van der Waals surface area (Å²) in [6.07, 6.45) is 0. The maximum Gasteiger partial charge on any atom is 0.296 e. The van der Waals surface area contributed by atoms with Crippen LogP contribution in [0.5, 0.6) is 0 Å². The van der Waals surface area contributed by atoms with Gasteiger partial charge in [-0.2, -0.15) is 8.42 Å². The molecule has 126 valence electrons. The first-order chi connectivity index (χ1) is 10.5. The van der Waals surface area contributed by atoms with Crippen molar-refractivity contribution >= 4 is 10.1 Å². The van der Waals surface area contributed by atoms with E-state index in [1.54, 1.807) is 38.3 Å². The van der Waals surface area contributed by atoms with Gasteiger partial charge in [0.25, 0.3) is 10.1 Å². The first kappa shape index (κ1) is 19.1. The Bertz CT molecular complexity index is 506. The fourth-order valence-corrected chi connectivity index (χ4v) is 2.77. The molecule has 0 radical (unpaired) electrons. The molecule has 1 aliphatic heterocycles. The van der Waals surface area contributed by atoms with Crippen LogP contribution in [-0.2, 0) is 23.8 Å². The summed E-state index contributed by atoms with van der Waals surface area (Å²) in [6, 6.07) is 6.97. The lowest BCUT2D eigenvalue weighted by molar-refractivity contribution is 0.0432. The summed E-state index contributed by atoms with van der Waals surface area (Å²) < 4.78 is 37.4. The molecule has 1 saturated heterocycles. The van der Waals surface area contributed by atoms with Gasteiger partial charge in [-0.25, -0.2) is 0 Å². The summed E-state index contributed by atoms with van der Waals surface area (Å²) >= 11 is 0. The van der Waals surface area contributed by atoms with Crippen molar-refractivity contribution < 1.29 is 22.1 Å². The fraction of sp³-hybridized carbons (Fsp3) is 0.600. The minimum absolute atomic E-state index is 0.163. The number of hydrogen-bond acceptors (Lipinski definition) is 6. The fourth-order valence-electron chi connectivity index (χ4n) is 1.86. The Morgan fingerprint density at radius 2 is 2.00 bits per heavy atom. The summed E-state index contributed by atoms with van der Waals surface area (Å²) in [7, 11) is -1.82. The lowest BCUT2D eigenvalue weighted by Gasteiger charge is -2.22. The number of morpholine rings is 1. The monoisotopic (exact) mass is 331 g/mol. The van der Waals surface area contributed by atoms with Gasteiger partial charge in [0.15, 0.2) is 0 Å². The first-order valence-corrected chi connectivity index (χ1v) is 8.66. The molecule has 0 aliphatic carbocycles. The molecule has 2 rings (SSSR count). The molecule has 1 unspecified atom stereocenters. The van der Waals surface area contributed by atoms with Crippen LogP contribution < -0.4 is 5.32 Å².